The van der Waals surface area contributed by atoms with E-state index in [1.54, 1.807) is 0 Å². The Morgan fingerprint density at radius 2 is 1.56 bits per heavy atom. The second-order valence-electron chi connectivity index (χ2n) is 11.6. The molecule has 6 rings (SSSR count). The molecule has 1 aromatic carbocycles. The van der Waals surface area contributed by atoms with Crippen molar-refractivity contribution in [2.45, 2.75) is 92.2 Å². The molecule has 6 heteroatoms. The summed E-state index contributed by atoms with van der Waals surface area (Å²) in [6, 6.07) is 10.5. The maximum absolute atomic E-state index is 14.1. The van der Waals surface area contributed by atoms with Crippen LogP contribution in [-0.2, 0) is 16.0 Å². The number of benzene rings is 1. The van der Waals surface area contributed by atoms with Crippen LogP contribution in [0.1, 0.15) is 76.2 Å². The van der Waals surface area contributed by atoms with Crippen molar-refractivity contribution in [1.82, 2.24) is 10.6 Å². The van der Waals surface area contributed by atoms with Crippen molar-refractivity contribution in [3.63, 3.8) is 0 Å². The molecule has 5 aliphatic rings. The molecule has 0 radical (unpaired) electrons. The minimum Gasteiger partial charge on any atom is -0.355 e. The zero-order chi connectivity index (χ0) is 23.8. The van der Waals surface area contributed by atoms with Gasteiger partial charge in [0.25, 0.3) is 0 Å². The Labute approximate surface area is 221 Å². The van der Waals surface area contributed by atoms with Gasteiger partial charge in [-0.2, -0.15) is 0 Å². The first-order valence-electron chi connectivity index (χ1n) is 13.4. The Balaban J connectivity index is 1.36. The first kappa shape index (κ1) is 24.8. The van der Waals surface area contributed by atoms with E-state index < -0.39 is 9.15 Å². The van der Waals surface area contributed by atoms with E-state index in [-0.39, 0.29) is 23.3 Å². The monoisotopic (exact) mass is 592 g/mol. The summed E-state index contributed by atoms with van der Waals surface area (Å²) in [7, 11) is 0. The van der Waals surface area contributed by atoms with Gasteiger partial charge in [-0.05, 0) is 86.5 Å². The highest BCUT2D eigenvalue weighted by atomic mass is 79.9. The summed E-state index contributed by atoms with van der Waals surface area (Å²) in [5.74, 6) is 2.05. The van der Waals surface area contributed by atoms with Gasteiger partial charge in [0.2, 0.25) is 11.8 Å². The lowest BCUT2D eigenvalue weighted by Gasteiger charge is -2.62. The topological polar surface area (TPSA) is 58.2 Å². The van der Waals surface area contributed by atoms with Gasteiger partial charge in [0.15, 0.2) is 0 Å². The number of hydrogen-bond acceptors (Lipinski definition) is 2. The van der Waals surface area contributed by atoms with Crippen molar-refractivity contribution in [3.05, 3.63) is 35.9 Å². The van der Waals surface area contributed by atoms with E-state index in [2.05, 4.69) is 54.6 Å². The summed E-state index contributed by atoms with van der Waals surface area (Å²) < 4.78 is -0.926. The summed E-state index contributed by atoms with van der Waals surface area (Å²) in [6.07, 6.45) is 13.6. The van der Waals surface area contributed by atoms with Gasteiger partial charge in [0.1, 0.15) is 9.15 Å². The molecular formula is C28H38Br2N2O2. The van der Waals surface area contributed by atoms with Crippen LogP contribution in [0.2, 0.25) is 0 Å². The minimum atomic E-state index is -0.926. The molecule has 186 valence electrons. The standard InChI is InChI=1S/C28H38Br2N2O2/c29-24(25(33)31-12-11-19-7-3-1-4-8-19)28(30,26(34)32-23-9-5-2-6-10-23)27-16-20-13-21(17-27)15-22(14-20)18-27/h1,3-4,7-8,20-24H,2,5-6,9-18H2,(H,31,33)(H,32,34). The molecule has 5 fully saturated rings. The lowest BCUT2D eigenvalue weighted by molar-refractivity contribution is -0.140. The number of rotatable bonds is 8. The zero-order valence-corrected chi connectivity index (χ0v) is 23.2. The van der Waals surface area contributed by atoms with Crippen LogP contribution in [0.15, 0.2) is 30.3 Å². The van der Waals surface area contributed by atoms with E-state index in [0.717, 1.165) is 38.5 Å². The van der Waals surface area contributed by atoms with Crippen molar-refractivity contribution >= 4 is 43.7 Å². The molecule has 2 N–H and O–H groups in total. The normalized spacial score (nSPS) is 33.2. The molecule has 0 spiro atoms. The highest BCUT2D eigenvalue weighted by Gasteiger charge is 2.66. The molecule has 5 aliphatic carbocycles. The second kappa shape index (κ2) is 10.2. The number of halogens is 2. The number of carbonyl (C=O) groups is 2. The van der Waals surface area contributed by atoms with Gasteiger partial charge >= 0.3 is 0 Å². The zero-order valence-electron chi connectivity index (χ0n) is 20.0. The van der Waals surface area contributed by atoms with Crippen LogP contribution < -0.4 is 10.6 Å². The number of alkyl halides is 2. The van der Waals surface area contributed by atoms with Crippen LogP contribution in [0.5, 0.6) is 0 Å². The predicted octanol–water partition coefficient (Wildman–Crippen LogP) is 5.91. The predicted molar refractivity (Wildman–Crippen MR) is 143 cm³/mol. The average molecular weight is 594 g/mol. The largest absolute Gasteiger partial charge is 0.355 e. The number of nitrogens with one attached hydrogen (secondary N) is 2. The molecule has 2 unspecified atom stereocenters. The quantitative estimate of drug-likeness (QED) is 0.368. The fourth-order valence-corrected chi connectivity index (χ4v) is 9.63. The lowest BCUT2D eigenvalue weighted by Crippen LogP contribution is -2.67. The van der Waals surface area contributed by atoms with Gasteiger partial charge in [-0.1, -0.05) is 81.5 Å². The van der Waals surface area contributed by atoms with Crippen LogP contribution in [0.3, 0.4) is 0 Å². The Hall–Kier alpha value is -0.880. The van der Waals surface area contributed by atoms with Gasteiger partial charge in [-0.3, -0.25) is 9.59 Å². The van der Waals surface area contributed by atoms with E-state index in [1.165, 1.54) is 44.1 Å². The van der Waals surface area contributed by atoms with Gasteiger partial charge < -0.3 is 10.6 Å². The highest BCUT2D eigenvalue weighted by molar-refractivity contribution is 9.13. The van der Waals surface area contributed by atoms with Crippen molar-refractivity contribution in [1.29, 1.82) is 0 Å². The molecule has 4 nitrogen and oxygen atoms in total. The van der Waals surface area contributed by atoms with E-state index in [4.69, 9.17) is 0 Å². The SMILES string of the molecule is O=C(NCCc1ccccc1)C(Br)C(Br)(C(=O)NC1CCCCC1)C12CC3CC(CC(C3)C1)C2. The summed E-state index contributed by atoms with van der Waals surface area (Å²) >= 11 is 7.84. The van der Waals surface area contributed by atoms with Crippen LogP contribution >= 0.6 is 31.9 Å². The third-order valence-corrected chi connectivity index (χ3v) is 12.6. The molecule has 2 atom stereocenters. The van der Waals surface area contributed by atoms with E-state index in [1.807, 2.05) is 18.2 Å². The number of hydrogen-bond donors (Lipinski definition) is 2. The molecule has 0 heterocycles. The smallest absolute Gasteiger partial charge is 0.239 e. The van der Waals surface area contributed by atoms with Crippen molar-refractivity contribution in [2.24, 2.45) is 23.2 Å². The molecule has 0 saturated heterocycles. The lowest BCUT2D eigenvalue weighted by atomic mass is 9.46. The summed E-state index contributed by atoms with van der Waals surface area (Å²) in [5.41, 5.74) is 1.04. The van der Waals surface area contributed by atoms with Gasteiger partial charge in [0.05, 0.1) is 0 Å². The first-order chi connectivity index (χ1) is 16.4. The van der Waals surface area contributed by atoms with Crippen LogP contribution in [0, 0.1) is 23.2 Å². The minimum absolute atomic E-state index is 0.0291. The third kappa shape index (κ3) is 4.75. The molecule has 2 amide bonds. The number of amides is 2. The summed E-state index contributed by atoms with van der Waals surface area (Å²) in [4.78, 5) is 27.0. The van der Waals surface area contributed by atoms with Gasteiger partial charge in [0, 0.05) is 12.6 Å². The molecule has 4 bridgehead atoms. The Morgan fingerprint density at radius 1 is 0.971 bits per heavy atom. The van der Waals surface area contributed by atoms with E-state index in [0.29, 0.717) is 24.3 Å². The number of carbonyl (C=O) groups excluding carboxylic acids is 2. The summed E-state index contributed by atoms with van der Waals surface area (Å²) in [6.45, 7) is 0.569. The summed E-state index contributed by atoms with van der Waals surface area (Å²) in [5, 5.41) is 6.54. The maximum atomic E-state index is 14.1. The molecular weight excluding hydrogens is 556 g/mol. The van der Waals surface area contributed by atoms with E-state index >= 15 is 0 Å². The fraction of sp³-hybridized carbons (Fsp3) is 0.714. The van der Waals surface area contributed by atoms with Gasteiger partial charge in [-0.15, -0.1) is 0 Å². The molecule has 5 saturated carbocycles. The third-order valence-electron chi connectivity index (χ3n) is 9.22. The van der Waals surface area contributed by atoms with Crippen molar-refractivity contribution in [2.75, 3.05) is 6.54 Å². The van der Waals surface area contributed by atoms with Crippen LogP contribution in [-0.4, -0.2) is 33.6 Å². The molecule has 0 aliphatic heterocycles. The fourth-order valence-electron chi connectivity index (χ4n) is 7.96. The Morgan fingerprint density at radius 3 is 2.15 bits per heavy atom. The Kier molecular flexibility index (Phi) is 7.47. The van der Waals surface area contributed by atoms with Crippen LogP contribution in [0.4, 0.5) is 0 Å². The second-order valence-corrected chi connectivity index (χ2v) is 13.8. The van der Waals surface area contributed by atoms with Crippen LogP contribution in [0.25, 0.3) is 0 Å². The molecule has 1 aromatic rings. The first-order valence-corrected chi connectivity index (χ1v) is 15.1. The molecule has 0 aromatic heterocycles. The van der Waals surface area contributed by atoms with Crippen molar-refractivity contribution in [3.8, 4) is 0 Å². The van der Waals surface area contributed by atoms with Crippen molar-refractivity contribution < 1.29 is 9.59 Å². The Bertz CT molecular complexity index is 850. The van der Waals surface area contributed by atoms with Gasteiger partial charge in [-0.25, -0.2) is 0 Å². The maximum Gasteiger partial charge on any atom is 0.239 e. The average Bonchev–Trinajstić information content (AvgIpc) is 2.83. The molecule has 34 heavy (non-hydrogen) atoms. The highest BCUT2D eigenvalue weighted by Crippen LogP contribution is 2.67. The van der Waals surface area contributed by atoms with E-state index in [9.17, 15) is 9.59 Å².